The summed E-state index contributed by atoms with van der Waals surface area (Å²) in [7, 11) is 0. The van der Waals surface area contributed by atoms with Gasteiger partial charge in [0.1, 0.15) is 0 Å². The third-order valence-electron chi connectivity index (χ3n) is 4.82. The van der Waals surface area contributed by atoms with E-state index in [4.69, 9.17) is 11.6 Å². The molecule has 1 heterocycles. The van der Waals surface area contributed by atoms with E-state index in [0.29, 0.717) is 11.6 Å². The Bertz CT molecular complexity index is 744. The van der Waals surface area contributed by atoms with E-state index >= 15 is 0 Å². The summed E-state index contributed by atoms with van der Waals surface area (Å²) in [5, 5.41) is 3.72. The third kappa shape index (κ3) is 6.27. The van der Waals surface area contributed by atoms with Gasteiger partial charge in [0.05, 0.1) is 5.25 Å². The highest BCUT2D eigenvalue weighted by Crippen LogP contribution is 2.27. The molecule has 2 aromatic carbocycles. The van der Waals surface area contributed by atoms with Gasteiger partial charge in [0.15, 0.2) is 0 Å². The van der Waals surface area contributed by atoms with Crippen molar-refractivity contribution in [3.63, 3.8) is 0 Å². The van der Waals surface area contributed by atoms with Crippen LogP contribution in [-0.4, -0.2) is 29.1 Å². The summed E-state index contributed by atoms with van der Waals surface area (Å²) in [5.41, 5.74) is 2.48. The van der Waals surface area contributed by atoms with Gasteiger partial charge in [0, 0.05) is 23.0 Å². The molecule has 1 amide bonds. The topological polar surface area (TPSA) is 32.3 Å². The second-order valence-electron chi connectivity index (χ2n) is 6.99. The van der Waals surface area contributed by atoms with E-state index in [9.17, 15) is 4.79 Å². The maximum Gasteiger partial charge on any atom is 0.233 e. The summed E-state index contributed by atoms with van der Waals surface area (Å²) in [4.78, 5) is 16.2. The van der Waals surface area contributed by atoms with Crippen molar-refractivity contribution in [1.82, 2.24) is 10.2 Å². The number of hydrogen-bond donors (Lipinski definition) is 1. The molecule has 3 nitrogen and oxygen atoms in total. The summed E-state index contributed by atoms with van der Waals surface area (Å²) in [6.07, 6.45) is 3.40. The van der Waals surface area contributed by atoms with Crippen LogP contribution >= 0.6 is 23.4 Å². The number of hydrogen-bond acceptors (Lipinski definition) is 3. The summed E-state index contributed by atoms with van der Waals surface area (Å²) in [6, 6.07) is 16.2. The van der Waals surface area contributed by atoms with Crippen LogP contribution in [0, 0.1) is 0 Å². The SMILES string of the molecule is CC[C@H](Sc1ccc(Cl)cc1)C(=O)NCc1cccc(CN2CCCC2)c1. The van der Waals surface area contributed by atoms with Crippen molar-refractivity contribution in [3.05, 3.63) is 64.7 Å². The number of nitrogens with one attached hydrogen (secondary N) is 1. The minimum absolute atomic E-state index is 0.0856. The zero-order valence-corrected chi connectivity index (χ0v) is 17.4. The van der Waals surface area contributed by atoms with Crippen LogP contribution in [0.3, 0.4) is 0 Å². The maximum absolute atomic E-state index is 12.6. The van der Waals surface area contributed by atoms with Gasteiger partial charge in [-0.05, 0) is 67.7 Å². The van der Waals surface area contributed by atoms with Crippen molar-refractivity contribution in [2.45, 2.75) is 49.4 Å². The van der Waals surface area contributed by atoms with Crippen LogP contribution in [0.1, 0.15) is 37.3 Å². The van der Waals surface area contributed by atoms with Gasteiger partial charge < -0.3 is 5.32 Å². The van der Waals surface area contributed by atoms with Crippen LogP contribution in [0.25, 0.3) is 0 Å². The van der Waals surface area contributed by atoms with Gasteiger partial charge >= 0.3 is 0 Å². The normalized spacial score (nSPS) is 15.6. The lowest BCUT2D eigenvalue weighted by Gasteiger charge is -2.16. The molecule has 1 aliphatic rings. The first-order valence-electron chi connectivity index (χ1n) is 9.64. The first-order chi connectivity index (χ1) is 13.1. The lowest BCUT2D eigenvalue weighted by molar-refractivity contribution is -0.120. The minimum Gasteiger partial charge on any atom is -0.351 e. The van der Waals surface area contributed by atoms with Gasteiger partial charge in [-0.15, -0.1) is 11.8 Å². The average molecular weight is 403 g/mol. The fourth-order valence-corrected chi connectivity index (χ4v) is 4.44. The van der Waals surface area contributed by atoms with Crippen LogP contribution in [0.2, 0.25) is 5.02 Å². The van der Waals surface area contributed by atoms with E-state index in [-0.39, 0.29) is 11.2 Å². The molecule has 0 aromatic heterocycles. The summed E-state index contributed by atoms with van der Waals surface area (Å²) < 4.78 is 0. The highest BCUT2D eigenvalue weighted by Gasteiger charge is 2.18. The Morgan fingerprint density at radius 1 is 1.15 bits per heavy atom. The number of likely N-dealkylation sites (tertiary alicyclic amines) is 1. The molecule has 0 saturated carbocycles. The number of amides is 1. The summed E-state index contributed by atoms with van der Waals surface area (Å²) >= 11 is 7.52. The number of benzene rings is 2. The van der Waals surface area contributed by atoms with Crippen molar-refractivity contribution < 1.29 is 4.79 Å². The zero-order chi connectivity index (χ0) is 19.1. The standard InChI is InChI=1S/C22H27ClN2OS/c1-2-21(27-20-10-8-19(23)9-11-20)22(26)24-15-17-6-5-7-18(14-17)16-25-12-3-4-13-25/h5-11,14,21H,2-4,12-13,15-16H2,1H3,(H,24,26)/t21-/m0/s1. The Morgan fingerprint density at radius 3 is 2.56 bits per heavy atom. The van der Waals surface area contributed by atoms with Gasteiger partial charge in [-0.1, -0.05) is 42.8 Å². The molecule has 27 heavy (non-hydrogen) atoms. The van der Waals surface area contributed by atoms with E-state index in [1.807, 2.05) is 31.2 Å². The molecule has 1 aliphatic heterocycles. The highest BCUT2D eigenvalue weighted by atomic mass is 35.5. The van der Waals surface area contributed by atoms with Gasteiger partial charge in [-0.3, -0.25) is 9.69 Å². The number of carbonyl (C=O) groups excluding carboxylic acids is 1. The van der Waals surface area contributed by atoms with Crippen molar-refractivity contribution in [3.8, 4) is 0 Å². The zero-order valence-electron chi connectivity index (χ0n) is 15.8. The summed E-state index contributed by atoms with van der Waals surface area (Å²) in [5.74, 6) is 0.0856. The van der Waals surface area contributed by atoms with E-state index in [2.05, 4.69) is 34.5 Å². The number of thioether (sulfide) groups is 1. The molecule has 2 aromatic rings. The van der Waals surface area contributed by atoms with Crippen molar-refractivity contribution in [2.75, 3.05) is 13.1 Å². The second kappa shape index (κ2) is 10.2. The van der Waals surface area contributed by atoms with E-state index in [0.717, 1.165) is 23.4 Å². The van der Waals surface area contributed by atoms with Crippen molar-refractivity contribution in [2.24, 2.45) is 0 Å². The molecule has 0 radical (unpaired) electrons. The number of carbonyl (C=O) groups is 1. The molecule has 3 rings (SSSR count). The third-order valence-corrected chi connectivity index (χ3v) is 6.45. The largest absolute Gasteiger partial charge is 0.351 e. The molecule has 0 spiro atoms. The van der Waals surface area contributed by atoms with Crippen molar-refractivity contribution >= 4 is 29.3 Å². The number of halogens is 1. The monoisotopic (exact) mass is 402 g/mol. The molecular formula is C22H27ClN2OS. The fourth-order valence-electron chi connectivity index (χ4n) is 3.34. The molecule has 5 heteroatoms. The molecule has 144 valence electrons. The Hall–Kier alpha value is -1.49. The van der Waals surface area contributed by atoms with Gasteiger partial charge in [0.25, 0.3) is 0 Å². The molecule has 1 fully saturated rings. The van der Waals surface area contributed by atoms with E-state index < -0.39 is 0 Å². The number of rotatable bonds is 8. The lowest BCUT2D eigenvalue weighted by atomic mass is 10.1. The Labute approximate surface area is 171 Å². The smallest absolute Gasteiger partial charge is 0.233 e. The molecule has 1 atom stereocenters. The van der Waals surface area contributed by atoms with Crippen LogP contribution in [0.15, 0.2) is 53.4 Å². The number of nitrogens with zero attached hydrogens (tertiary/aromatic N) is 1. The van der Waals surface area contributed by atoms with Crippen LogP contribution in [0.5, 0.6) is 0 Å². The minimum atomic E-state index is -0.0982. The quantitative estimate of drug-likeness (QED) is 0.621. The van der Waals surface area contributed by atoms with E-state index in [1.165, 1.54) is 31.5 Å². The fraction of sp³-hybridized carbons (Fsp3) is 0.409. The maximum atomic E-state index is 12.6. The van der Waals surface area contributed by atoms with Crippen LogP contribution in [-0.2, 0) is 17.9 Å². The molecule has 1 saturated heterocycles. The Balaban J connectivity index is 1.53. The van der Waals surface area contributed by atoms with Crippen LogP contribution < -0.4 is 5.32 Å². The first-order valence-corrected chi connectivity index (χ1v) is 10.9. The second-order valence-corrected chi connectivity index (χ2v) is 8.70. The van der Waals surface area contributed by atoms with Crippen molar-refractivity contribution in [1.29, 1.82) is 0 Å². The molecule has 0 bridgehead atoms. The van der Waals surface area contributed by atoms with Gasteiger partial charge in [-0.25, -0.2) is 0 Å². The van der Waals surface area contributed by atoms with Gasteiger partial charge in [0.2, 0.25) is 5.91 Å². The predicted octanol–water partition coefficient (Wildman–Crippen LogP) is 5.12. The molecule has 1 N–H and O–H groups in total. The summed E-state index contributed by atoms with van der Waals surface area (Å²) in [6.45, 7) is 6.02. The Kier molecular flexibility index (Phi) is 7.62. The molecule has 0 aliphatic carbocycles. The molecule has 0 unspecified atom stereocenters. The average Bonchev–Trinajstić information content (AvgIpc) is 3.19. The van der Waals surface area contributed by atoms with E-state index in [1.54, 1.807) is 11.8 Å². The predicted molar refractivity (Wildman–Crippen MR) is 114 cm³/mol. The Morgan fingerprint density at radius 2 is 1.85 bits per heavy atom. The first kappa shape index (κ1) is 20.2. The highest BCUT2D eigenvalue weighted by molar-refractivity contribution is 8.00. The lowest BCUT2D eigenvalue weighted by Crippen LogP contribution is -2.31. The van der Waals surface area contributed by atoms with Gasteiger partial charge in [-0.2, -0.15) is 0 Å². The molecular weight excluding hydrogens is 376 g/mol. The van der Waals surface area contributed by atoms with Crippen LogP contribution in [0.4, 0.5) is 0 Å².